The first kappa shape index (κ1) is 15.4. The third kappa shape index (κ3) is 3.68. The van der Waals surface area contributed by atoms with Crippen molar-refractivity contribution in [1.82, 2.24) is 4.72 Å². The van der Waals surface area contributed by atoms with Gasteiger partial charge in [0, 0.05) is 6.04 Å². The molecule has 1 atom stereocenters. The normalized spacial score (nSPS) is 13.9. The third-order valence-corrected chi connectivity index (χ3v) is 4.85. The molecule has 0 aromatic heterocycles. The molecule has 1 unspecified atom stereocenters. The van der Waals surface area contributed by atoms with Gasteiger partial charge in [0.2, 0.25) is 10.0 Å². The minimum atomic E-state index is -3.66. The summed E-state index contributed by atoms with van der Waals surface area (Å²) in [6.07, 6.45) is 0. The van der Waals surface area contributed by atoms with E-state index in [0.29, 0.717) is 5.56 Å². The number of halogens is 1. The Morgan fingerprint density at radius 1 is 1.33 bits per heavy atom. The molecule has 1 rings (SSSR count). The molecule has 1 aromatic rings. The average Bonchev–Trinajstić information content (AvgIpc) is 2.28. The van der Waals surface area contributed by atoms with Gasteiger partial charge in [-0.3, -0.25) is 0 Å². The van der Waals surface area contributed by atoms with Gasteiger partial charge in [-0.15, -0.1) is 0 Å². The summed E-state index contributed by atoms with van der Waals surface area (Å²) in [4.78, 5) is 0.00298. The Hall–Kier alpha value is -0.620. The van der Waals surface area contributed by atoms with Crippen LogP contribution >= 0.6 is 11.6 Å². The van der Waals surface area contributed by atoms with Gasteiger partial charge in [-0.05, 0) is 30.5 Å². The molecule has 0 spiro atoms. The van der Waals surface area contributed by atoms with Crippen LogP contribution in [0.25, 0.3) is 0 Å². The van der Waals surface area contributed by atoms with Crippen LogP contribution in [0.5, 0.6) is 0 Å². The summed E-state index contributed by atoms with van der Waals surface area (Å²) in [5.41, 5.74) is 0.511. The Balaban J connectivity index is 3.12. The number of aliphatic hydroxyl groups excluding tert-OH is 1. The maximum Gasteiger partial charge on any atom is 0.242 e. The zero-order chi connectivity index (χ0) is 13.9. The van der Waals surface area contributed by atoms with Crippen molar-refractivity contribution in [3.05, 3.63) is 28.8 Å². The molecule has 0 saturated heterocycles. The third-order valence-electron chi connectivity index (χ3n) is 2.81. The monoisotopic (exact) mass is 291 g/mol. The van der Waals surface area contributed by atoms with Gasteiger partial charge < -0.3 is 5.11 Å². The number of sulfonamides is 1. The summed E-state index contributed by atoms with van der Waals surface area (Å²) < 4.78 is 26.9. The molecule has 2 N–H and O–H groups in total. The molecular formula is C12H18ClNO3S. The summed E-state index contributed by atoms with van der Waals surface area (Å²) in [5, 5.41) is 9.18. The van der Waals surface area contributed by atoms with Gasteiger partial charge in [0.1, 0.15) is 4.90 Å². The van der Waals surface area contributed by atoms with Crippen LogP contribution in [0.3, 0.4) is 0 Å². The molecular weight excluding hydrogens is 274 g/mol. The van der Waals surface area contributed by atoms with E-state index < -0.39 is 10.0 Å². The van der Waals surface area contributed by atoms with Crippen molar-refractivity contribution in [2.45, 2.75) is 38.3 Å². The van der Waals surface area contributed by atoms with Gasteiger partial charge >= 0.3 is 0 Å². The van der Waals surface area contributed by atoms with Crippen LogP contribution in [0.15, 0.2) is 23.1 Å². The molecule has 0 aliphatic rings. The lowest BCUT2D eigenvalue weighted by Crippen LogP contribution is -2.36. The Labute approximate surface area is 113 Å². The van der Waals surface area contributed by atoms with E-state index in [9.17, 15) is 8.42 Å². The smallest absolute Gasteiger partial charge is 0.242 e. The van der Waals surface area contributed by atoms with E-state index in [2.05, 4.69) is 4.72 Å². The molecule has 6 heteroatoms. The fourth-order valence-electron chi connectivity index (χ4n) is 1.30. The van der Waals surface area contributed by atoms with E-state index in [1.807, 2.05) is 13.8 Å². The Bertz CT molecular complexity index is 514. The predicted molar refractivity (Wildman–Crippen MR) is 72.0 cm³/mol. The van der Waals surface area contributed by atoms with Crippen molar-refractivity contribution in [3.8, 4) is 0 Å². The molecule has 102 valence electrons. The first-order chi connectivity index (χ1) is 8.27. The molecule has 0 aliphatic carbocycles. The SMILES string of the molecule is CC(C)C(C)NS(=O)(=O)c1cc(CO)ccc1Cl. The highest BCUT2D eigenvalue weighted by Gasteiger charge is 2.22. The van der Waals surface area contributed by atoms with Gasteiger partial charge in [0.05, 0.1) is 11.6 Å². The van der Waals surface area contributed by atoms with Crippen molar-refractivity contribution in [1.29, 1.82) is 0 Å². The zero-order valence-electron chi connectivity index (χ0n) is 10.6. The average molecular weight is 292 g/mol. The van der Waals surface area contributed by atoms with E-state index in [-0.39, 0.29) is 28.5 Å². The number of hydrogen-bond acceptors (Lipinski definition) is 3. The van der Waals surface area contributed by atoms with Crippen LogP contribution in [-0.2, 0) is 16.6 Å². The van der Waals surface area contributed by atoms with Gasteiger partial charge in [0.25, 0.3) is 0 Å². The molecule has 4 nitrogen and oxygen atoms in total. The van der Waals surface area contributed by atoms with Crippen molar-refractivity contribution in [2.75, 3.05) is 0 Å². The van der Waals surface area contributed by atoms with Gasteiger partial charge in [0.15, 0.2) is 0 Å². The van der Waals surface area contributed by atoms with Crippen molar-refractivity contribution in [3.63, 3.8) is 0 Å². The van der Waals surface area contributed by atoms with Crippen molar-refractivity contribution in [2.24, 2.45) is 5.92 Å². The van der Waals surface area contributed by atoms with E-state index in [1.54, 1.807) is 13.0 Å². The first-order valence-corrected chi connectivity index (χ1v) is 7.55. The zero-order valence-corrected chi connectivity index (χ0v) is 12.2. The summed E-state index contributed by atoms with van der Waals surface area (Å²) in [7, 11) is -3.66. The fraction of sp³-hybridized carbons (Fsp3) is 0.500. The van der Waals surface area contributed by atoms with Crippen LogP contribution in [0.1, 0.15) is 26.3 Å². The van der Waals surface area contributed by atoms with Gasteiger partial charge in [-0.2, -0.15) is 0 Å². The number of aliphatic hydroxyl groups is 1. The second-order valence-electron chi connectivity index (χ2n) is 4.58. The molecule has 0 radical (unpaired) electrons. The molecule has 0 aliphatic heterocycles. The Kier molecular flexibility index (Phi) is 5.16. The van der Waals surface area contributed by atoms with E-state index in [4.69, 9.17) is 16.7 Å². The van der Waals surface area contributed by atoms with E-state index in [1.165, 1.54) is 12.1 Å². The number of nitrogens with one attached hydrogen (secondary N) is 1. The molecule has 0 bridgehead atoms. The topological polar surface area (TPSA) is 66.4 Å². The van der Waals surface area contributed by atoms with Crippen LogP contribution in [0.2, 0.25) is 5.02 Å². The first-order valence-electron chi connectivity index (χ1n) is 5.69. The van der Waals surface area contributed by atoms with Crippen LogP contribution in [0.4, 0.5) is 0 Å². The summed E-state index contributed by atoms with van der Waals surface area (Å²) in [5.74, 6) is 0.180. The number of hydrogen-bond donors (Lipinski definition) is 2. The van der Waals surface area contributed by atoms with Crippen molar-refractivity contribution < 1.29 is 13.5 Å². The standard InChI is InChI=1S/C12H18ClNO3S/c1-8(2)9(3)14-18(16,17)12-6-10(7-15)4-5-11(12)13/h4-6,8-9,14-15H,7H2,1-3H3. The molecule has 0 amide bonds. The van der Waals surface area contributed by atoms with Crippen LogP contribution in [0, 0.1) is 5.92 Å². The summed E-state index contributed by atoms with van der Waals surface area (Å²) in [6.45, 7) is 5.43. The summed E-state index contributed by atoms with van der Waals surface area (Å²) >= 11 is 5.90. The highest BCUT2D eigenvalue weighted by molar-refractivity contribution is 7.89. The minimum Gasteiger partial charge on any atom is -0.392 e. The minimum absolute atomic E-state index is 0.00298. The molecule has 1 aromatic carbocycles. The highest BCUT2D eigenvalue weighted by atomic mass is 35.5. The van der Waals surface area contributed by atoms with Gasteiger partial charge in [-0.25, -0.2) is 13.1 Å². The quantitative estimate of drug-likeness (QED) is 0.873. The lowest BCUT2D eigenvalue weighted by Gasteiger charge is -2.18. The highest BCUT2D eigenvalue weighted by Crippen LogP contribution is 2.23. The van der Waals surface area contributed by atoms with Gasteiger partial charge in [-0.1, -0.05) is 31.5 Å². The Morgan fingerprint density at radius 3 is 2.44 bits per heavy atom. The lowest BCUT2D eigenvalue weighted by molar-refractivity contribution is 0.281. The second kappa shape index (κ2) is 6.02. The maximum absolute atomic E-state index is 12.2. The molecule has 0 heterocycles. The van der Waals surface area contributed by atoms with Crippen molar-refractivity contribution >= 4 is 21.6 Å². The number of benzene rings is 1. The van der Waals surface area contributed by atoms with E-state index in [0.717, 1.165) is 0 Å². The van der Waals surface area contributed by atoms with Crippen LogP contribution in [-0.4, -0.2) is 19.6 Å². The van der Waals surface area contributed by atoms with E-state index >= 15 is 0 Å². The summed E-state index contributed by atoms with van der Waals surface area (Å²) in [6, 6.07) is 4.26. The number of rotatable bonds is 5. The largest absolute Gasteiger partial charge is 0.392 e. The fourth-order valence-corrected chi connectivity index (χ4v) is 3.24. The molecule has 0 saturated carbocycles. The predicted octanol–water partition coefficient (Wildman–Crippen LogP) is 2.16. The molecule has 0 fully saturated rings. The molecule has 18 heavy (non-hydrogen) atoms. The Morgan fingerprint density at radius 2 is 1.94 bits per heavy atom. The maximum atomic E-state index is 12.2. The van der Waals surface area contributed by atoms with Crippen LogP contribution < -0.4 is 4.72 Å². The lowest BCUT2D eigenvalue weighted by atomic mass is 10.1. The second-order valence-corrected chi connectivity index (χ2v) is 6.67.